The van der Waals surface area contributed by atoms with Crippen LogP contribution in [-0.4, -0.2) is 43.3 Å². The van der Waals surface area contributed by atoms with E-state index in [0.29, 0.717) is 0 Å². The first-order chi connectivity index (χ1) is 10.2. The van der Waals surface area contributed by atoms with Gasteiger partial charge in [0, 0.05) is 27.2 Å². The van der Waals surface area contributed by atoms with Crippen LogP contribution in [0.15, 0.2) is 0 Å². The zero-order valence-corrected chi connectivity index (χ0v) is 19.8. The van der Waals surface area contributed by atoms with E-state index in [2.05, 4.69) is 0 Å². The van der Waals surface area contributed by atoms with Crippen molar-refractivity contribution < 1.29 is 14.2 Å². The molecule has 0 saturated heterocycles. The Morgan fingerprint density at radius 1 is 0.625 bits per heavy atom. The molecule has 0 aliphatic heterocycles. The maximum Gasteiger partial charge on any atom is 0.166 e. The Morgan fingerprint density at radius 2 is 0.833 bits per heavy atom. The van der Waals surface area contributed by atoms with E-state index in [-0.39, 0.29) is 13.2 Å². The van der Waals surface area contributed by atoms with Gasteiger partial charge in [-0.25, -0.2) is 0 Å². The van der Waals surface area contributed by atoms with Crippen molar-refractivity contribution in [1.29, 1.82) is 0 Å². The molecular formula is C18H41NO3P2. The van der Waals surface area contributed by atoms with Crippen molar-refractivity contribution >= 4 is 14.6 Å². The lowest BCUT2D eigenvalue weighted by Gasteiger charge is -2.55. The Balaban J connectivity index is 7.01. The van der Waals surface area contributed by atoms with Crippen molar-refractivity contribution in [2.75, 3.05) is 13.2 Å². The lowest BCUT2D eigenvalue weighted by molar-refractivity contribution is 0.273. The summed E-state index contributed by atoms with van der Waals surface area (Å²) in [7, 11) is -6.24. The summed E-state index contributed by atoms with van der Waals surface area (Å²) in [6.07, 6.45) is 0. The van der Waals surface area contributed by atoms with E-state index >= 15 is 0 Å². The van der Waals surface area contributed by atoms with Crippen LogP contribution in [0.2, 0.25) is 0 Å². The summed E-state index contributed by atoms with van der Waals surface area (Å²) in [5.74, 6) is 0. The summed E-state index contributed by atoms with van der Waals surface area (Å²) in [6.45, 7) is 23.5. The Kier molecular flexibility index (Phi) is 6.95. The van der Waals surface area contributed by atoms with Crippen molar-refractivity contribution in [3.8, 4) is 0 Å². The van der Waals surface area contributed by atoms with Gasteiger partial charge in [-0.15, -0.1) is 0 Å². The first kappa shape index (κ1) is 24.4. The smallest absolute Gasteiger partial charge is 0.166 e. The van der Waals surface area contributed by atoms with Crippen LogP contribution < -0.4 is 0 Å². The van der Waals surface area contributed by atoms with Gasteiger partial charge in [0.15, 0.2) is 14.6 Å². The highest BCUT2D eigenvalue weighted by molar-refractivity contribution is 7.79. The minimum absolute atomic E-state index is 0.160. The Bertz CT molecular complexity index is 446. The van der Waals surface area contributed by atoms with Gasteiger partial charge >= 0.3 is 0 Å². The van der Waals surface area contributed by atoms with Crippen molar-refractivity contribution in [3.63, 3.8) is 0 Å². The number of nitrogens with zero attached hydrogens (tertiary/aromatic N) is 1. The predicted molar refractivity (Wildman–Crippen MR) is 108 cm³/mol. The fourth-order valence-corrected chi connectivity index (χ4v) is 16.1. The minimum Gasteiger partial charge on any atom is -0.395 e. The summed E-state index contributed by atoms with van der Waals surface area (Å²) >= 11 is 0. The second-order valence-electron chi connectivity index (χ2n) is 10.7. The fourth-order valence-electron chi connectivity index (χ4n) is 3.95. The van der Waals surface area contributed by atoms with E-state index in [1.54, 1.807) is 4.44 Å². The average molecular weight is 381 g/mol. The molecule has 0 atom stereocenters. The standard InChI is InChI=1S/C18H41NO3P2/c1-15(2,3)23(21,16(4,5)6)19(13-14-20)24(22,17(7,8)9)18(10,11)12/h20H,13-14H2,1-12H3. The molecule has 0 aromatic carbocycles. The summed E-state index contributed by atoms with van der Waals surface area (Å²) in [6, 6.07) is 0. The molecule has 0 amide bonds. The molecule has 0 heterocycles. The molecule has 0 fully saturated rings. The quantitative estimate of drug-likeness (QED) is 0.604. The largest absolute Gasteiger partial charge is 0.395 e. The van der Waals surface area contributed by atoms with E-state index in [0.717, 1.165) is 0 Å². The number of aliphatic hydroxyl groups excluding tert-OH is 1. The highest BCUT2D eigenvalue weighted by atomic mass is 31.2. The average Bonchev–Trinajstić information content (AvgIpc) is 2.28. The topological polar surface area (TPSA) is 57.6 Å². The Morgan fingerprint density at radius 3 is 0.958 bits per heavy atom. The van der Waals surface area contributed by atoms with Crippen LogP contribution in [0.25, 0.3) is 0 Å². The Labute approximate surface area is 150 Å². The monoisotopic (exact) mass is 381 g/mol. The summed E-state index contributed by atoms with van der Waals surface area (Å²) < 4.78 is 30.8. The second-order valence-corrected chi connectivity index (χ2v) is 19.6. The van der Waals surface area contributed by atoms with Crippen molar-refractivity contribution in [2.45, 2.75) is 104 Å². The van der Waals surface area contributed by atoms with Crippen LogP contribution in [0, 0.1) is 0 Å². The first-order valence-corrected chi connectivity index (χ1v) is 12.1. The minimum atomic E-state index is -3.12. The van der Waals surface area contributed by atoms with Crippen molar-refractivity contribution in [2.24, 2.45) is 0 Å². The normalized spacial score (nSPS) is 15.9. The van der Waals surface area contributed by atoms with Gasteiger partial charge in [-0.2, -0.15) is 4.44 Å². The van der Waals surface area contributed by atoms with Crippen LogP contribution in [0.4, 0.5) is 0 Å². The maximum atomic E-state index is 14.5. The number of rotatable bonds is 4. The van der Waals surface area contributed by atoms with Gasteiger partial charge in [0.25, 0.3) is 0 Å². The first-order valence-electron chi connectivity index (χ1n) is 8.79. The number of aliphatic hydroxyl groups is 1. The molecule has 0 saturated carbocycles. The fraction of sp³-hybridized carbons (Fsp3) is 1.00. The molecule has 0 aromatic rings. The van der Waals surface area contributed by atoms with Gasteiger partial charge in [-0.05, 0) is 0 Å². The van der Waals surface area contributed by atoms with E-state index in [1.807, 2.05) is 83.1 Å². The third-order valence-corrected chi connectivity index (χ3v) is 15.1. The SMILES string of the molecule is CC(C)(C)P(=O)(N(CCO)P(=O)(C(C)(C)C)C(C)(C)C)C(C)(C)C. The van der Waals surface area contributed by atoms with Crippen molar-refractivity contribution in [1.82, 2.24) is 4.44 Å². The van der Waals surface area contributed by atoms with E-state index in [1.165, 1.54) is 0 Å². The summed E-state index contributed by atoms with van der Waals surface area (Å²) in [5, 5.41) is 7.55. The molecule has 0 aromatic heterocycles. The van der Waals surface area contributed by atoms with E-state index < -0.39 is 35.2 Å². The second kappa shape index (κ2) is 6.84. The van der Waals surface area contributed by atoms with Crippen molar-refractivity contribution in [3.05, 3.63) is 0 Å². The van der Waals surface area contributed by atoms with Gasteiger partial charge in [0.1, 0.15) is 0 Å². The number of hydrogen-bond donors (Lipinski definition) is 1. The predicted octanol–water partition coefficient (Wildman–Crippen LogP) is 6.03. The Hall–Kier alpha value is 0.380. The van der Waals surface area contributed by atoms with Gasteiger partial charge in [-0.3, -0.25) is 0 Å². The van der Waals surface area contributed by atoms with E-state index in [9.17, 15) is 14.2 Å². The van der Waals surface area contributed by atoms with Gasteiger partial charge in [-0.1, -0.05) is 83.1 Å². The lowest BCUT2D eigenvalue weighted by Crippen LogP contribution is -2.46. The van der Waals surface area contributed by atoms with Crippen LogP contribution in [0.3, 0.4) is 0 Å². The molecule has 0 spiro atoms. The third-order valence-electron chi connectivity index (χ3n) is 4.59. The maximum absolute atomic E-state index is 14.5. The highest BCUT2D eigenvalue weighted by Gasteiger charge is 2.61. The third kappa shape index (κ3) is 3.88. The molecule has 0 radical (unpaired) electrons. The van der Waals surface area contributed by atoms with Crippen LogP contribution in [-0.2, 0) is 9.13 Å². The van der Waals surface area contributed by atoms with E-state index in [4.69, 9.17) is 0 Å². The molecule has 0 rings (SSSR count). The zero-order valence-electron chi connectivity index (χ0n) is 18.0. The molecule has 0 unspecified atom stereocenters. The molecular weight excluding hydrogens is 340 g/mol. The molecule has 0 aliphatic carbocycles. The molecule has 1 N–H and O–H groups in total. The molecule has 6 heteroatoms. The molecule has 24 heavy (non-hydrogen) atoms. The molecule has 4 nitrogen and oxygen atoms in total. The van der Waals surface area contributed by atoms with Gasteiger partial charge in [0.05, 0.1) is 6.61 Å². The van der Waals surface area contributed by atoms with Crippen LogP contribution in [0.5, 0.6) is 0 Å². The summed E-state index contributed by atoms with van der Waals surface area (Å²) in [4.78, 5) is 0. The van der Waals surface area contributed by atoms with Gasteiger partial charge in [0.2, 0.25) is 0 Å². The molecule has 146 valence electrons. The van der Waals surface area contributed by atoms with Gasteiger partial charge < -0.3 is 14.2 Å². The van der Waals surface area contributed by atoms with Crippen LogP contribution in [0.1, 0.15) is 83.1 Å². The van der Waals surface area contributed by atoms with Crippen LogP contribution >= 0.6 is 14.6 Å². The lowest BCUT2D eigenvalue weighted by atomic mass is 10.2. The molecule has 0 aliphatic rings. The summed E-state index contributed by atoms with van der Waals surface area (Å²) in [5.41, 5.74) is 0. The zero-order chi connectivity index (χ0) is 20.0. The highest BCUT2D eigenvalue weighted by Crippen LogP contribution is 2.83. The number of hydrogen-bond acceptors (Lipinski definition) is 3. The molecule has 0 bridgehead atoms.